The molecule has 0 heterocycles. The lowest BCUT2D eigenvalue weighted by Crippen LogP contribution is -2.47. The molecule has 0 amide bonds. The summed E-state index contributed by atoms with van der Waals surface area (Å²) in [6, 6.07) is 0.539. The summed E-state index contributed by atoms with van der Waals surface area (Å²) in [5, 5.41) is 0. The van der Waals surface area contributed by atoms with Gasteiger partial charge >= 0.3 is 0 Å². The van der Waals surface area contributed by atoms with Crippen LogP contribution in [-0.4, -0.2) is 6.04 Å². The summed E-state index contributed by atoms with van der Waals surface area (Å²) in [7, 11) is 0. The van der Waals surface area contributed by atoms with Crippen molar-refractivity contribution in [2.24, 2.45) is 17.1 Å². The minimum absolute atomic E-state index is 0.539. The van der Waals surface area contributed by atoms with Crippen molar-refractivity contribution in [2.75, 3.05) is 0 Å². The predicted molar refractivity (Wildman–Crippen MR) is 33.4 cm³/mol. The van der Waals surface area contributed by atoms with Crippen molar-refractivity contribution in [1.82, 2.24) is 0 Å². The van der Waals surface area contributed by atoms with Crippen LogP contribution in [0.5, 0.6) is 0 Å². The molecule has 1 nitrogen and oxygen atoms in total. The van der Waals surface area contributed by atoms with Crippen LogP contribution in [0.2, 0.25) is 0 Å². The van der Waals surface area contributed by atoms with Gasteiger partial charge in [-0.15, -0.1) is 0 Å². The van der Waals surface area contributed by atoms with Gasteiger partial charge < -0.3 is 5.73 Å². The molecule has 2 aliphatic carbocycles. The van der Waals surface area contributed by atoms with Crippen molar-refractivity contribution in [3.8, 4) is 0 Å². The molecule has 0 aromatic rings. The second kappa shape index (κ2) is 1.10. The Labute approximate surface area is 50.3 Å². The number of nitrogens with two attached hydrogens (primary N) is 1. The molecule has 0 saturated heterocycles. The predicted octanol–water partition coefficient (Wildman–Crippen LogP) is 1.13. The Bertz CT molecular complexity index is 116. The van der Waals surface area contributed by atoms with Crippen LogP contribution in [0.25, 0.3) is 0 Å². The first-order valence-electron chi connectivity index (χ1n) is 3.50. The van der Waals surface area contributed by atoms with Crippen molar-refractivity contribution in [3.05, 3.63) is 0 Å². The lowest BCUT2D eigenvalue weighted by Gasteiger charge is -2.41. The molecule has 2 N–H and O–H groups in total. The van der Waals surface area contributed by atoms with E-state index in [1.54, 1.807) is 0 Å². The summed E-state index contributed by atoms with van der Waals surface area (Å²) in [6.45, 7) is 2.29. The van der Waals surface area contributed by atoms with Crippen molar-refractivity contribution in [2.45, 2.75) is 32.2 Å². The normalized spacial score (nSPS) is 48.8. The largest absolute Gasteiger partial charge is 0.327 e. The van der Waals surface area contributed by atoms with E-state index in [1.807, 2.05) is 0 Å². The lowest BCUT2D eigenvalue weighted by molar-refractivity contribution is 0.128. The first-order chi connectivity index (χ1) is 3.75. The fraction of sp³-hybridized carbons (Fsp3) is 1.00. The molecule has 1 spiro atoms. The molecule has 0 bridgehead atoms. The molecule has 1 heteroatoms. The maximum Gasteiger partial charge on any atom is 0.00752 e. The Morgan fingerprint density at radius 1 is 1.50 bits per heavy atom. The zero-order chi connectivity index (χ0) is 5.78. The molecule has 0 aliphatic heterocycles. The summed E-state index contributed by atoms with van der Waals surface area (Å²) in [5.74, 6) is 0.836. The van der Waals surface area contributed by atoms with Gasteiger partial charge in [-0.3, -0.25) is 0 Å². The molecule has 2 aliphatic rings. The van der Waals surface area contributed by atoms with Crippen LogP contribution < -0.4 is 5.73 Å². The molecule has 8 heavy (non-hydrogen) atoms. The average Bonchev–Trinajstić information content (AvgIpc) is 2.49. The van der Waals surface area contributed by atoms with Gasteiger partial charge in [0, 0.05) is 6.04 Å². The van der Waals surface area contributed by atoms with Gasteiger partial charge in [-0.25, -0.2) is 0 Å². The third-order valence-electron chi connectivity index (χ3n) is 3.14. The van der Waals surface area contributed by atoms with Gasteiger partial charge in [0.2, 0.25) is 0 Å². The van der Waals surface area contributed by atoms with Crippen molar-refractivity contribution < 1.29 is 0 Å². The Balaban J connectivity index is 2.06. The lowest BCUT2D eigenvalue weighted by atomic mass is 9.68. The number of rotatable bonds is 0. The van der Waals surface area contributed by atoms with Crippen LogP contribution in [0.3, 0.4) is 0 Å². The molecular formula is C7H13N. The third-order valence-corrected chi connectivity index (χ3v) is 3.14. The molecule has 2 rings (SSSR count). The minimum atomic E-state index is 0.539. The van der Waals surface area contributed by atoms with Gasteiger partial charge in [0.25, 0.3) is 0 Å². The fourth-order valence-corrected chi connectivity index (χ4v) is 1.95. The molecule has 2 saturated carbocycles. The Morgan fingerprint density at radius 2 is 2.12 bits per heavy atom. The monoisotopic (exact) mass is 111 g/mol. The molecule has 0 aromatic heterocycles. The molecule has 46 valence electrons. The van der Waals surface area contributed by atoms with Gasteiger partial charge in [-0.2, -0.15) is 0 Å². The first kappa shape index (κ1) is 4.80. The van der Waals surface area contributed by atoms with Gasteiger partial charge in [-0.1, -0.05) is 6.92 Å². The highest BCUT2D eigenvalue weighted by molar-refractivity contribution is 5.10. The van der Waals surface area contributed by atoms with Gasteiger partial charge in [-0.05, 0) is 30.6 Å². The molecule has 2 unspecified atom stereocenters. The highest BCUT2D eigenvalue weighted by atomic mass is 14.8. The molecular weight excluding hydrogens is 98.1 g/mol. The van der Waals surface area contributed by atoms with Gasteiger partial charge in [0.15, 0.2) is 0 Å². The van der Waals surface area contributed by atoms with Crippen LogP contribution in [0.1, 0.15) is 26.2 Å². The van der Waals surface area contributed by atoms with Crippen molar-refractivity contribution in [1.29, 1.82) is 0 Å². The molecule has 2 atom stereocenters. The topological polar surface area (TPSA) is 26.0 Å². The van der Waals surface area contributed by atoms with Crippen LogP contribution in [0.15, 0.2) is 0 Å². The van der Waals surface area contributed by atoms with E-state index in [-0.39, 0.29) is 0 Å². The first-order valence-corrected chi connectivity index (χ1v) is 3.50. The Kier molecular flexibility index (Phi) is 0.663. The summed E-state index contributed by atoms with van der Waals surface area (Å²) in [5.41, 5.74) is 6.51. The summed E-state index contributed by atoms with van der Waals surface area (Å²) >= 11 is 0. The highest BCUT2D eigenvalue weighted by Crippen LogP contribution is 2.63. The van der Waals surface area contributed by atoms with E-state index in [1.165, 1.54) is 19.3 Å². The van der Waals surface area contributed by atoms with Crippen LogP contribution >= 0.6 is 0 Å². The summed E-state index contributed by atoms with van der Waals surface area (Å²) in [4.78, 5) is 0. The third kappa shape index (κ3) is 0.368. The van der Waals surface area contributed by atoms with E-state index in [0.29, 0.717) is 6.04 Å². The maximum absolute atomic E-state index is 5.74. The van der Waals surface area contributed by atoms with Crippen molar-refractivity contribution in [3.63, 3.8) is 0 Å². The average molecular weight is 111 g/mol. The Hall–Kier alpha value is -0.0400. The van der Waals surface area contributed by atoms with Gasteiger partial charge in [0.05, 0.1) is 0 Å². The zero-order valence-electron chi connectivity index (χ0n) is 5.35. The fourth-order valence-electron chi connectivity index (χ4n) is 1.95. The van der Waals surface area contributed by atoms with E-state index >= 15 is 0 Å². The standard InChI is InChI=1S/C7H13N/c1-5-6(8)4-7(5)2-3-7/h5-6H,2-4,8H2,1H3. The quantitative estimate of drug-likeness (QED) is 0.498. The van der Waals surface area contributed by atoms with Crippen molar-refractivity contribution >= 4 is 0 Å². The van der Waals surface area contributed by atoms with Crippen LogP contribution in [0, 0.1) is 11.3 Å². The van der Waals surface area contributed by atoms with E-state index < -0.39 is 0 Å². The zero-order valence-corrected chi connectivity index (χ0v) is 5.35. The van der Waals surface area contributed by atoms with Crippen LogP contribution in [-0.2, 0) is 0 Å². The molecule has 2 fully saturated rings. The smallest absolute Gasteiger partial charge is 0.00752 e. The van der Waals surface area contributed by atoms with E-state index in [9.17, 15) is 0 Å². The number of hydrogen-bond acceptors (Lipinski definition) is 1. The van der Waals surface area contributed by atoms with E-state index in [2.05, 4.69) is 6.92 Å². The Morgan fingerprint density at radius 3 is 2.25 bits per heavy atom. The van der Waals surface area contributed by atoms with E-state index in [4.69, 9.17) is 5.73 Å². The summed E-state index contributed by atoms with van der Waals surface area (Å²) < 4.78 is 0. The molecule has 0 radical (unpaired) electrons. The van der Waals surface area contributed by atoms with Gasteiger partial charge in [0.1, 0.15) is 0 Å². The highest BCUT2D eigenvalue weighted by Gasteiger charge is 2.57. The maximum atomic E-state index is 5.74. The van der Waals surface area contributed by atoms with Crippen LogP contribution in [0.4, 0.5) is 0 Å². The van der Waals surface area contributed by atoms with E-state index in [0.717, 1.165) is 11.3 Å². The SMILES string of the molecule is CC1C(N)CC12CC2. The minimum Gasteiger partial charge on any atom is -0.327 e. The second-order valence-electron chi connectivity index (χ2n) is 3.52. The number of hydrogen-bond donors (Lipinski definition) is 1. The molecule has 0 aromatic carbocycles. The summed E-state index contributed by atoms with van der Waals surface area (Å²) in [6.07, 6.45) is 4.23. The second-order valence-corrected chi connectivity index (χ2v) is 3.52.